The predicted molar refractivity (Wildman–Crippen MR) is 120 cm³/mol. The molecule has 3 aromatic carbocycles. The molecule has 0 fully saturated rings. The lowest BCUT2D eigenvalue weighted by molar-refractivity contribution is 0.215. The molecule has 0 atom stereocenters. The molecule has 0 bridgehead atoms. The van der Waals surface area contributed by atoms with E-state index in [0.29, 0.717) is 19.0 Å². The van der Waals surface area contributed by atoms with Gasteiger partial charge in [-0.05, 0) is 93.1 Å². The van der Waals surface area contributed by atoms with Gasteiger partial charge in [0, 0.05) is 0 Å². The zero-order chi connectivity index (χ0) is 21.4. The summed E-state index contributed by atoms with van der Waals surface area (Å²) < 4.78 is 11.6. The van der Waals surface area contributed by atoms with Crippen LogP contribution in [0.2, 0.25) is 0 Å². The fourth-order valence-corrected chi connectivity index (χ4v) is 2.80. The van der Waals surface area contributed by atoms with Crippen molar-refractivity contribution in [2.75, 3.05) is 13.2 Å². The van der Waals surface area contributed by atoms with E-state index in [0.717, 1.165) is 22.6 Å². The molecule has 29 heavy (non-hydrogen) atoms. The Kier molecular flexibility index (Phi) is 8.14. The molecule has 0 amide bonds. The van der Waals surface area contributed by atoms with Gasteiger partial charge in [-0.3, -0.25) is 0 Å². The third-order valence-corrected chi connectivity index (χ3v) is 5.28. The lowest BCUT2D eigenvalue weighted by Crippen LogP contribution is -2.10. The summed E-state index contributed by atoms with van der Waals surface area (Å²) >= 11 is 0. The van der Waals surface area contributed by atoms with E-state index in [-0.39, 0.29) is 0 Å². The summed E-state index contributed by atoms with van der Waals surface area (Å²) in [7, 11) is 0. The number of benzene rings is 3. The first kappa shape index (κ1) is 22.4. The number of hydrogen-bond acceptors (Lipinski definition) is 3. The standard InChI is InChI=1S/C18H22O2.C8H10O/c1-13-7-5-9-17(15(13)3)19-11-12-20-18-10-6-8-14(2)16(18)4;1-6-4-3-5-8(9)7(6)2/h5-10H,11-12H2,1-4H3;3-5,9H,1-2H3. The highest BCUT2D eigenvalue weighted by molar-refractivity contribution is 5.39. The third-order valence-electron chi connectivity index (χ3n) is 5.28. The van der Waals surface area contributed by atoms with Gasteiger partial charge in [0.1, 0.15) is 30.5 Å². The van der Waals surface area contributed by atoms with Crippen LogP contribution < -0.4 is 9.47 Å². The van der Waals surface area contributed by atoms with Crippen LogP contribution in [0.25, 0.3) is 0 Å². The summed E-state index contributed by atoms with van der Waals surface area (Å²) in [4.78, 5) is 0. The van der Waals surface area contributed by atoms with Crippen LogP contribution in [-0.4, -0.2) is 18.3 Å². The van der Waals surface area contributed by atoms with Crippen LogP contribution in [0, 0.1) is 41.5 Å². The van der Waals surface area contributed by atoms with Crippen LogP contribution in [0.1, 0.15) is 33.4 Å². The van der Waals surface area contributed by atoms with E-state index in [4.69, 9.17) is 14.6 Å². The zero-order valence-corrected chi connectivity index (χ0v) is 18.4. The van der Waals surface area contributed by atoms with Gasteiger partial charge in [-0.1, -0.05) is 36.4 Å². The number of ether oxygens (including phenoxy) is 2. The van der Waals surface area contributed by atoms with Gasteiger partial charge >= 0.3 is 0 Å². The van der Waals surface area contributed by atoms with Crippen LogP contribution in [-0.2, 0) is 0 Å². The summed E-state index contributed by atoms with van der Waals surface area (Å²) in [6.07, 6.45) is 0. The first-order chi connectivity index (χ1) is 13.8. The van der Waals surface area contributed by atoms with Crippen LogP contribution in [0.5, 0.6) is 17.2 Å². The Morgan fingerprint density at radius 1 is 0.552 bits per heavy atom. The maximum atomic E-state index is 9.10. The molecule has 0 heterocycles. The molecule has 0 aliphatic heterocycles. The minimum absolute atomic E-state index is 0.384. The van der Waals surface area contributed by atoms with Crippen molar-refractivity contribution in [2.45, 2.75) is 41.5 Å². The van der Waals surface area contributed by atoms with Crippen molar-refractivity contribution in [3.05, 3.63) is 88.0 Å². The van der Waals surface area contributed by atoms with E-state index < -0.39 is 0 Å². The Morgan fingerprint density at radius 3 is 1.31 bits per heavy atom. The molecule has 0 radical (unpaired) electrons. The average Bonchev–Trinajstić information content (AvgIpc) is 2.70. The molecule has 3 heteroatoms. The van der Waals surface area contributed by atoms with Gasteiger partial charge in [0.15, 0.2) is 0 Å². The molecule has 0 saturated heterocycles. The molecule has 3 aromatic rings. The van der Waals surface area contributed by atoms with Crippen LogP contribution >= 0.6 is 0 Å². The Morgan fingerprint density at radius 2 is 0.931 bits per heavy atom. The lowest BCUT2D eigenvalue weighted by Gasteiger charge is -2.13. The number of rotatable bonds is 5. The van der Waals surface area contributed by atoms with Gasteiger partial charge < -0.3 is 14.6 Å². The van der Waals surface area contributed by atoms with Crippen molar-refractivity contribution in [2.24, 2.45) is 0 Å². The highest BCUT2D eigenvalue weighted by Crippen LogP contribution is 2.22. The zero-order valence-electron chi connectivity index (χ0n) is 18.4. The van der Waals surface area contributed by atoms with Gasteiger partial charge in [0.05, 0.1) is 0 Å². The monoisotopic (exact) mass is 392 g/mol. The van der Waals surface area contributed by atoms with Crippen molar-refractivity contribution in [3.8, 4) is 17.2 Å². The van der Waals surface area contributed by atoms with E-state index >= 15 is 0 Å². The highest BCUT2D eigenvalue weighted by atomic mass is 16.5. The van der Waals surface area contributed by atoms with Crippen LogP contribution in [0.3, 0.4) is 0 Å². The third kappa shape index (κ3) is 6.28. The predicted octanol–water partition coefficient (Wildman–Crippen LogP) is 6.39. The molecule has 0 aliphatic carbocycles. The summed E-state index contributed by atoms with van der Waals surface area (Å²) in [5.41, 5.74) is 6.99. The van der Waals surface area contributed by atoms with Crippen molar-refractivity contribution < 1.29 is 14.6 Å². The fourth-order valence-electron chi connectivity index (χ4n) is 2.80. The Labute approximate surface area is 174 Å². The second-order valence-electron chi connectivity index (χ2n) is 7.31. The Balaban J connectivity index is 0.000000278. The maximum absolute atomic E-state index is 9.10. The Hall–Kier alpha value is -2.94. The molecule has 1 N–H and O–H groups in total. The number of aromatic hydroxyl groups is 1. The smallest absolute Gasteiger partial charge is 0.122 e. The van der Waals surface area contributed by atoms with E-state index in [9.17, 15) is 0 Å². The number of aryl methyl sites for hydroxylation is 3. The molecule has 0 aromatic heterocycles. The lowest BCUT2D eigenvalue weighted by atomic mass is 10.1. The Bertz CT molecular complexity index is 871. The highest BCUT2D eigenvalue weighted by Gasteiger charge is 2.03. The average molecular weight is 393 g/mol. The molecule has 3 nitrogen and oxygen atoms in total. The maximum Gasteiger partial charge on any atom is 0.122 e. The minimum Gasteiger partial charge on any atom is -0.508 e. The molecular weight excluding hydrogens is 360 g/mol. The van der Waals surface area contributed by atoms with Gasteiger partial charge in [-0.25, -0.2) is 0 Å². The molecule has 0 unspecified atom stereocenters. The topological polar surface area (TPSA) is 38.7 Å². The van der Waals surface area contributed by atoms with Crippen molar-refractivity contribution in [3.63, 3.8) is 0 Å². The van der Waals surface area contributed by atoms with Crippen molar-refractivity contribution in [1.82, 2.24) is 0 Å². The van der Waals surface area contributed by atoms with Crippen molar-refractivity contribution >= 4 is 0 Å². The SMILES string of the molecule is Cc1cccc(O)c1C.Cc1cccc(OCCOc2cccc(C)c2C)c1C. The molecule has 0 saturated carbocycles. The molecule has 3 rings (SSSR count). The molecular formula is C26H32O3. The van der Waals surface area contributed by atoms with E-state index in [1.165, 1.54) is 22.3 Å². The largest absolute Gasteiger partial charge is 0.508 e. The first-order valence-corrected chi connectivity index (χ1v) is 9.94. The summed E-state index contributed by atoms with van der Waals surface area (Å²) in [6.45, 7) is 13.3. The summed E-state index contributed by atoms with van der Waals surface area (Å²) in [5.74, 6) is 2.26. The number of hydrogen-bond donors (Lipinski definition) is 1. The van der Waals surface area contributed by atoms with Gasteiger partial charge in [0.25, 0.3) is 0 Å². The minimum atomic E-state index is 0.384. The molecule has 154 valence electrons. The van der Waals surface area contributed by atoms with E-state index in [1.807, 2.05) is 50.2 Å². The number of phenolic OH excluding ortho intramolecular Hbond substituents is 1. The fraction of sp³-hybridized carbons (Fsp3) is 0.308. The summed E-state index contributed by atoms with van der Waals surface area (Å²) in [5, 5.41) is 9.10. The first-order valence-electron chi connectivity index (χ1n) is 9.94. The normalized spacial score (nSPS) is 10.1. The molecule has 0 spiro atoms. The van der Waals surface area contributed by atoms with Crippen LogP contribution in [0.15, 0.2) is 54.6 Å². The van der Waals surface area contributed by atoms with Gasteiger partial charge in [-0.15, -0.1) is 0 Å². The summed E-state index contributed by atoms with van der Waals surface area (Å²) in [6, 6.07) is 17.7. The van der Waals surface area contributed by atoms with Gasteiger partial charge in [0.2, 0.25) is 0 Å². The van der Waals surface area contributed by atoms with E-state index in [2.05, 4.69) is 39.8 Å². The van der Waals surface area contributed by atoms with Gasteiger partial charge in [-0.2, -0.15) is 0 Å². The second kappa shape index (κ2) is 10.6. The second-order valence-corrected chi connectivity index (χ2v) is 7.31. The van der Waals surface area contributed by atoms with E-state index in [1.54, 1.807) is 6.07 Å². The van der Waals surface area contributed by atoms with Crippen molar-refractivity contribution in [1.29, 1.82) is 0 Å². The quantitative estimate of drug-likeness (QED) is 0.512. The molecule has 0 aliphatic rings. The number of phenols is 1. The van der Waals surface area contributed by atoms with Crippen LogP contribution in [0.4, 0.5) is 0 Å².